The Kier molecular flexibility index (Phi) is 7.60. The lowest BCUT2D eigenvalue weighted by atomic mass is 9.98. The number of hydrogen-bond acceptors (Lipinski definition) is 3. The van der Waals surface area contributed by atoms with Gasteiger partial charge in [0.25, 0.3) is 0 Å². The average molecular weight is 277 g/mol. The van der Waals surface area contributed by atoms with E-state index < -0.39 is 0 Å². The summed E-state index contributed by atoms with van der Waals surface area (Å²) in [7, 11) is 2.13. The normalized spacial score (nSPS) is 12.7. The van der Waals surface area contributed by atoms with Gasteiger partial charge in [-0.1, -0.05) is 40.2 Å². The Hall–Kier alpha value is -1.09. The molecular formula is C17H31N3. The van der Waals surface area contributed by atoms with Gasteiger partial charge in [0.1, 0.15) is 5.82 Å². The van der Waals surface area contributed by atoms with Crippen molar-refractivity contribution in [3.63, 3.8) is 0 Å². The predicted molar refractivity (Wildman–Crippen MR) is 88.6 cm³/mol. The highest BCUT2D eigenvalue weighted by atomic mass is 15.2. The maximum atomic E-state index is 4.62. The Morgan fingerprint density at radius 1 is 1.10 bits per heavy atom. The lowest BCUT2D eigenvalue weighted by molar-refractivity contribution is 0.311. The van der Waals surface area contributed by atoms with Gasteiger partial charge in [-0.05, 0) is 37.1 Å². The van der Waals surface area contributed by atoms with Crippen molar-refractivity contribution >= 4 is 5.82 Å². The second kappa shape index (κ2) is 8.96. The van der Waals surface area contributed by atoms with E-state index in [1.807, 2.05) is 6.20 Å². The molecule has 0 spiro atoms. The van der Waals surface area contributed by atoms with Crippen molar-refractivity contribution in [2.45, 2.75) is 46.5 Å². The molecule has 3 nitrogen and oxygen atoms in total. The van der Waals surface area contributed by atoms with Gasteiger partial charge in [-0.3, -0.25) is 0 Å². The van der Waals surface area contributed by atoms with Crippen molar-refractivity contribution in [2.24, 2.45) is 0 Å². The van der Waals surface area contributed by atoms with Gasteiger partial charge in [0, 0.05) is 26.3 Å². The first-order valence-corrected chi connectivity index (χ1v) is 8.01. The number of hydrogen-bond donors (Lipinski definition) is 0. The summed E-state index contributed by atoms with van der Waals surface area (Å²) in [5.74, 6) is 1.69. The molecule has 1 aromatic heterocycles. The zero-order chi connectivity index (χ0) is 15.0. The highest BCUT2D eigenvalue weighted by Crippen LogP contribution is 2.21. The van der Waals surface area contributed by atoms with Crippen LogP contribution in [-0.4, -0.2) is 43.1 Å². The third kappa shape index (κ3) is 5.12. The van der Waals surface area contributed by atoms with Crippen LogP contribution in [0, 0.1) is 0 Å². The first-order valence-electron chi connectivity index (χ1n) is 8.01. The van der Waals surface area contributed by atoms with Crippen LogP contribution in [0.1, 0.15) is 52.0 Å². The maximum absolute atomic E-state index is 4.62. The van der Waals surface area contributed by atoms with Crippen LogP contribution >= 0.6 is 0 Å². The first-order chi connectivity index (χ1) is 9.62. The predicted octanol–water partition coefficient (Wildman–Crippen LogP) is 3.76. The quantitative estimate of drug-likeness (QED) is 0.685. The van der Waals surface area contributed by atoms with Crippen molar-refractivity contribution in [3.8, 4) is 0 Å². The highest BCUT2D eigenvalue weighted by molar-refractivity contribution is 5.38. The Morgan fingerprint density at radius 2 is 1.80 bits per heavy atom. The third-order valence-corrected chi connectivity index (χ3v) is 4.10. The van der Waals surface area contributed by atoms with Gasteiger partial charge < -0.3 is 9.80 Å². The zero-order valence-corrected chi connectivity index (χ0v) is 13.9. The minimum absolute atomic E-state index is 0.613. The molecule has 0 aromatic carbocycles. The molecule has 1 unspecified atom stereocenters. The number of anilines is 1. The molecule has 0 aliphatic carbocycles. The van der Waals surface area contributed by atoms with Crippen LogP contribution in [0.2, 0.25) is 0 Å². The van der Waals surface area contributed by atoms with Gasteiger partial charge in [-0.15, -0.1) is 0 Å². The smallest absolute Gasteiger partial charge is 0.128 e. The van der Waals surface area contributed by atoms with Crippen molar-refractivity contribution in [3.05, 3.63) is 23.9 Å². The summed E-state index contributed by atoms with van der Waals surface area (Å²) in [6.07, 6.45) is 4.51. The van der Waals surface area contributed by atoms with Crippen LogP contribution in [0.4, 0.5) is 5.82 Å². The average Bonchev–Trinajstić information content (AvgIpc) is 2.48. The van der Waals surface area contributed by atoms with E-state index in [2.05, 4.69) is 61.7 Å². The summed E-state index contributed by atoms with van der Waals surface area (Å²) >= 11 is 0. The molecule has 3 heteroatoms. The molecule has 0 N–H and O–H groups in total. The monoisotopic (exact) mass is 277 g/mol. The molecule has 0 saturated carbocycles. The van der Waals surface area contributed by atoms with E-state index in [0.29, 0.717) is 5.92 Å². The Bertz CT molecular complexity index is 357. The SMILES string of the molecule is CCCC(C)c1ccc(N(C)CCN(CC)CC)nc1. The van der Waals surface area contributed by atoms with Crippen LogP contribution in [0.3, 0.4) is 0 Å². The van der Waals surface area contributed by atoms with E-state index in [-0.39, 0.29) is 0 Å². The van der Waals surface area contributed by atoms with Crippen LogP contribution < -0.4 is 4.90 Å². The fourth-order valence-electron chi connectivity index (χ4n) is 2.46. The summed E-state index contributed by atoms with van der Waals surface area (Å²) in [5, 5.41) is 0. The van der Waals surface area contributed by atoms with Crippen LogP contribution in [0.25, 0.3) is 0 Å². The summed E-state index contributed by atoms with van der Waals surface area (Å²) in [6, 6.07) is 4.39. The number of likely N-dealkylation sites (N-methyl/N-ethyl adjacent to an activating group) is 2. The van der Waals surface area contributed by atoms with E-state index in [0.717, 1.165) is 32.0 Å². The molecule has 114 valence electrons. The number of pyridine rings is 1. The van der Waals surface area contributed by atoms with Crippen molar-refractivity contribution in [1.82, 2.24) is 9.88 Å². The molecule has 1 atom stereocenters. The topological polar surface area (TPSA) is 19.4 Å². The van der Waals surface area contributed by atoms with Crippen molar-refractivity contribution in [1.29, 1.82) is 0 Å². The Morgan fingerprint density at radius 3 is 2.30 bits per heavy atom. The number of aromatic nitrogens is 1. The van der Waals surface area contributed by atoms with Crippen LogP contribution in [0.5, 0.6) is 0 Å². The first kappa shape index (κ1) is 17.0. The molecule has 0 radical (unpaired) electrons. The molecule has 20 heavy (non-hydrogen) atoms. The maximum Gasteiger partial charge on any atom is 0.128 e. The van der Waals surface area contributed by atoms with E-state index >= 15 is 0 Å². The van der Waals surface area contributed by atoms with Gasteiger partial charge in [0.2, 0.25) is 0 Å². The van der Waals surface area contributed by atoms with Crippen LogP contribution in [-0.2, 0) is 0 Å². The molecule has 0 aliphatic heterocycles. The third-order valence-electron chi connectivity index (χ3n) is 4.10. The minimum Gasteiger partial charge on any atom is -0.358 e. The zero-order valence-electron chi connectivity index (χ0n) is 13.9. The largest absolute Gasteiger partial charge is 0.358 e. The highest BCUT2D eigenvalue weighted by Gasteiger charge is 2.08. The molecule has 1 aromatic rings. The molecule has 1 rings (SSSR count). The van der Waals surface area contributed by atoms with E-state index in [1.165, 1.54) is 18.4 Å². The lowest BCUT2D eigenvalue weighted by Crippen LogP contribution is -2.33. The van der Waals surface area contributed by atoms with E-state index in [4.69, 9.17) is 0 Å². The second-order valence-electron chi connectivity index (χ2n) is 5.59. The Labute approximate surface area is 125 Å². The standard InChI is InChI=1S/C17H31N3/c1-6-9-15(4)16-10-11-17(18-14-16)19(5)12-13-20(7-2)8-3/h10-11,14-15H,6-9,12-13H2,1-5H3. The molecule has 0 fully saturated rings. The number of nitrogens with zero attached hydrogens (tertiary/aromatic N) is 3. The van der Waals surface area contributed by atoms with Gasteiger partial charge in [-0.2, -0.15) is 0 Å². The molecule has 0 bridgehead atoms. The summed E-state index contributed by atoms with van der Waals surface area (Å²) < 4.78 is 0. The second-order valence-corrected chi connectivity index (χ2v) is 5.59. The fourth-order valence-corrected chi connectivity index (χ4v) is 2.46. The van der Waals surface area contributed by atoms with Crippen molar-refractivity contribution < 1.29 is 0 Å². The Balaban J connectivity index is 2.54. The molecule has 0 saturated heterocycles. The molecule has 0 aliphatic rings. The van der Waals surface area contributed by atoms with Gasteiger partial charge in [-0.25, -0.2) is 4.98 Å². The molecule has 1 heterocycles. The summed E-state index contributed by atoms with van der Waals surface area (Å²) in [4.78, 5) is 9.30. The fraction of sp³-hybridized carbons (Fsp3) is 0.706. The van der Waals surface area contributed by atoms with Gasteiger partial charge in [0.05, 0.1) is 0 Å². The minimum atomic E-state index is 0.613. The molecule has 0 amide bonds. The van der Waals surface area contributed by atoms with Gasteiger partial charge in [0.15, 0.2) is 0 Å². The number of rotatable bonds is 9. The van der Waals surface area contributed by atoms with E-state index in [1.54, 1.807) is 0 Å². The lowest BCUT2D eigenvalue weighted by Gasteiger charge is -2.24. The summed E-state index contributed by atoms with van der Waals surface area (Å²) in [5.41, 5.74) is 1.35. The molecular weight excluding hydrogens is 246 g/mol. The van der Waals surface area contributed by atoms with Crippen LogP contribution in [0.15, 0.2) is 18.3 Å². The van der Waals surface area contributed by atoms with Gasteiger partial charge >= 0.3 is 0 Å². The summed E-state index contributed by atoms with van der Waals surface area (Å²) in [6.45, 7) is 13.3. The van der Waals surface area contributed by atoms with Crippen molar-refractivity contribution in [2.75, 3.05) is 38.1 Å². The van der Waals surface area contributed by atoms with E-state index in [9.17, 15) is 0 Å².